The van der Waals surface area contributed by atoms with Crippen molar-refractivity contribution in [3.63, 3.8) is 0 Å². The smallest absolute Gasteiger partial charge is 0.265 e. The Kier molecular flexibility index (Phi) is 4.30. The predicted octanol–water partition coefficient (Wildman–Crippen LogP) is 3.04. The summed E-state index contributed by atoms with van der Waals surface area (Å²) in [5, 5.41) is 8.72. The number of hydrogen-bond donors (Lipinski definition) is 0. The number of rotatable bonds is 4. The zero-order valence-electron chi connectivity index (χ0n) is 13.6. The van der Waals surface area contributed by atoms with Crippen LogP contribution >= 0.6 is 11.6 Å². The van der Waals surface area contributed by atoms with Gasteiger partial charge in [0.05, 0.1) is 25.0 Å². The van der Waals surface area contributed by atoms with Gasteiger partial charge in [-0.1, -0.05) is 28.9 Å². The summed E-state index contributed by atoms with van der Waals surface area (Å²) >= 11 is 6.05. The molecule has 0 radical (unpaired) electrons. The van der Waals surface area contributed by atoms with Crippen molar-refractivity contribution in [2.75, 3.05) is 11.5 Å². The molecule has 0 atom stereocenters. The lowest BCUT2D eigenvalue weighted by Gasteiger charge is -2.28. The highest BCUT2D eigenvalue weighted by Gasteiger charge is 2.26. The monoisotopic (exact) mass is 372 g/mol. The fourth-order valence-corrected chi connectivity index (χ4v) is 2.94. The number of halogens is 2. The number of carbonyl (C=O) groups excluding carboxylic acids is 1. The Labute approximate surface area is 153 Å². The molecule has 0 saturated carbocycles. The van der Waals surface area contributed by atoms with Gasteiger partial charge in [-0.3, -0.25) is 9.69 Å². The second kappa shape index (κ2) is 6.76. The fourth-order valence-electron chi connectivity index (χ4n) is 2.78. The lowest BCUT2D eigenvalue weighted by Crippen LogP contribution is -2.38. The van der Waals surface area contributed by atoms with Gasteiger partial charge in [-0.15, -0.1) is 5.10 Å². The highest BCUT2D eigenvalue weighted by atomic mass is 35.5. The number of amides is 1. The van der Waals surface area contributed by atoms with Crippen LogP contribution in [0.5, 0.6) is 5.75 Å². The van der Waals surface area contributed by atoms with Gasteiger partial charge in [-0.2, -0.15) is 0 Å². The lowest BCUT2D eigenvalue weighted by atomic mass is 10.2. The first kappa shape index (κ1) is 16.5. The summed E-state index contributed by atoms with van der Waals surface area (Å²) in [6.07, 6.45) is 1.76. The number of ether oxygens (including phenoxy) is 1. The summed E-state index contributed by atoms with van der Waals surface area (Å²) in [7, 11) is 0. The van der Waals surface area contributed by atoms with E-state index in [-0.39, 0.29) is 24.9 Å². The molecule has 0 N–H and O–H groups in total. The third-order valence-corrected chi connectivity index (χ3v) is 4.26. The van der Waals surface area contributed by atoms with Crippen LogP contribution in [-0.4, -0.2) is 27.5 Å². The molecule has 0 aliphatic carbocycles. The van der Waals surface area contributed by atoms with E-state index in [1.54, 1.807) is 46.1 Å². The molecule has 0 unspecified atom stereocenters. The third-order valence-electron chi connectivity index (χ3n) is 4.03. The molecule has 1 amide bonds. The molecule has 26 heavy (non-hydrogen) atoms. The van der Waals surface area contributed by atoms with Crippen LogP contribution in [0.4, 0.5) is 10.1 Å². The molecule has 0 spiro atoms. The minimum Gasteiger partial charge on any atom is -0.482 e. The third kappa shape index (κ3) is 3.39. The van der Waals surface area contributed by atoms with Gasteiger partial charge in [-0.25, -0.2) is 9.07 Å². The largest absolute Gasteiger partial charge is 0.482 e. The molecule has 2 heterocycles. The molecular weight excluding hydrogens is 359 g/mol. The van der Waals surface area contributed by atoms with Crippen molar-refractivity contribution < 1.29 is 13.9 Å². The van der Waals surface area contributed by atoms with Crippen LogP contribution in [0.25, 0.3) is 0 Å². The number of anilines is 1. The molecule has 4 rings (SSSR count). The Hall–Kier alpha value is -2.93. The number of hydrogen-bond acceptors (Lipinski definition) is 4. The highest BCUT2D eigenvalue weighted by Crippen LogP contribution is 2.35. The molecule has 1 aromatic heterocycles. The van der Waals surface area contributed by atoms with Crippen LogP contribution in [0.15, 0.2) is 48.7 Å². The fraction of sp³-hybridized carbons (Fsp3) is 0.167. The molecule has 0 bridgehead atoms. The molecule has 6 nitrogen and oxygen atoms in total. The second-order valence-corrected chi connectivity index (χ2v) is 6.35. The minimum absolute atomic E-state index is 0.0294. The number of benzene rings is 2. The average Bonchev–Trinajstić information content (AvgIpc) is 3.07. The van der Waals surface area contributed by atoms with E-state index in [9.17, 15) is 9.18 Å². The highest BCUT2D eigenvalue weighted by molar-refractivity contribution is 6.31. The molecule has 1 aliphatic rings. The first-order valence-electron chi connectivity index (χ1n) is 7.95. The average molecular weight is 373 g/mol. The zero-order chi connectivity index (χ0) is 18.1. The summed E-state index contributed by atoms with van der Waals surface area (Å²) < 4.78 is 20.1. The van der Waals surface area contributed by atoms with Gasteiger partial charge in [0.2, 0.25) is 0 Å². The van der Waals surface area contributed by atoms with Gasteiger partial charge in [-0.05, 0) is 35.9 Å². The van der Waals surface area contributed by atoms with Crippen LogP contribution in [0.3, 0.4) is 0 Å². The Morgan fingerprint density at radius 3 is 2.77 bits per heavy atom. The van der Waals surface area contributed by atoms with E-state index in [0.29, 0.717) is 28.7 Å². The summed E-state index contributed by atoms with van der Waals surface area (Å²) in [6, 6.07) is 11.3. The van der Waals surface area contributed by atoms with E-state index in [2.05, 4.69) is 10.3 Å². The van der Waals surface area contributed by atoms with Crippen molar-refractivity contribution in [2.24, 2.45) is 0 Å². The van der Waals surface area contributed by atoms with Crippen molar-refractivity contribution in [3.8, 4) is 5.75 Å². The van der Waals surface area contributed by atoms with E-state index in [1.807, 2.05) is 0 Å². The molecule has 0 saturated heterocycles. The first-order chi connectivity index (χ1) is 12.6. The maximum Gasteiger partial charge on any atom is 0.265 e. The maximum absolute atomic E-state index is 13.0. The molecule has 1 aliphatic heterocycles. The van der Waals surface area contributed by atoms with Crippen LogP contribution in [0.1, 0.15) is 11.3 Å². The van der Waals surface area contributed by atoms with Crippen LogP contribution in [0.2, 0.25) is 5.02 Å². The van der Waals surface area contributed by atoms with E-state index >= 15 is 0 Å². The molecule has 132 valence electrons. The molecule has 8 heteroatoms. The Bertz CT molecular complexity index is 958. The Morgan fingerprint density at radius 1 is 1.15 bits per heavy atom. The standard InChI is InChI=1S/C18H14ClFN4O2/c19-13-3-6-17-16(7-13)24(18(25)11-26-17)10-15-9-23(22-21-15)8-12-1-4-14(20)5-2-12/h1-7,9H,8,10-11H2. The predicted molar refractivity (Wildman–Crippen MR) is 93.7 cm³/mol. The molecule has 0 fully saturated rings. The normalized spacial score (nSPS) is 13.5. The van der Waals surface area contributed by atoms with E-state index in [0.717, 1.165) is 5.56 Å². The summed E-state index contributed by atoms with van der Waals surface area (Å²) in [6.45, 7) is 0.698. The van der Waals surface area contributed by atoms with Gasteiger partial charge in [0.25, 0.3) is 5.91 Å². The number of fused-ring (bicyclic) bond motifs is 1. The zero-order valence-corrected chi connectivity index (χ0v) is 14.4. The topological polar surface area (TPSA) is 60.2 Å². The second-order valence-electron chi connectivity index (χ2n) is 5.91. The summed E-state index contributed by atoms with van der Waals surface area (Å²) in [5.74, 6) is 0.150. The van der Waals surface area contributed by atoms with Crippen molar-refractivity contribution >= 4 is 23.2 Å². The maximum atomic E-state index is 13.0. The Morgan fingerprint density at radius 2 is 1.96 bits per heavy atom. The first-order valence-corrected chi connectivity index (χ1v) is 8.32. The SMILES string of the molecule is O=C1COc2ccc(Cl)cc2N1Cc1cn(Cc2ccc(F)cc2)nn1. The summed E-state index contributed by atoms with van der Waals surface area (Å²) in [4.78, 5) is 13.9. The van der Waals surface area contributed by atoms with Gasteiger partial charge in [0.1, 0.15) is 17.3 Å². The minimum atomic E-state index is -0.281. The number of nitrogens with zero attached hydrogens (tertiary/aromatic N) is 4. The summed E-state index contributed by atoms with van der Waals surface area (Å²) in [5.41, 5.74) is 2.15. The van der Waals surface area contributed by atoms with Gasteiger partial charge in [0.15, 0.2) is 6.61 Å². The lowest BCUT2D eigenvalue weighted by molar-refractivity contribution is -0.121. The Balaban J connectivity index is 1.53. The van der Waals surface area contributed by atoms with Crippen LogP contribution < -0.4 is 9.64 Å². The van der Waals surface area contributed by atoms with E-state index < -0.39 is 0 Å². The van der Waals surface area contributed by atoms with Crippen molar-refractivity contribution in [1.82, 2.24) is 15.0 Å². The van der Waals surface area contributed by atoms with Crippen molar-refractivity contribution in [1.29, 1.82) is 0 Å². The molecule has 3 aromatic rings. The quantitative estimate of drug-likeness (QED) is 0.706. The van der Waals surface area contributed by atoms with Gasteiger partial charge in [0, 0.05) is 5.02 Å². The van der Waals surface area contributed by atoms with Gasteiger partial charge >= 0.3 is 0 Å². The van der Waals surface area contributed by atoms with Crippen molar-refractivity contribution in [3.05, 3.63) is 70.8 Å². The number of aromatic nitrogens is 3. The van der Waals surface area contributed by atoms with Crippen LogP contribution in [-0.2, 0) is 17.9 Å². The van der Waals surface area contributed by atoms with E-state index in [4.69, 9.17) is 16.3 Å². The molecule has 2 aromatic carbocycles. The van der Waals surface area contributed by atoms with Crippen molar-refractivity contribution in [2.45, 2.75) is 13.1 Å². The van der Waals surface area contributed by atoms with Crippen LogP contribution in [0, 0.1) is 5.82 Å². The number of carbonyl (C=O) groups is 1. The molecular formula is C18H14ClFN4O2. The van der Waals surface area contributed by atoms with Gasteiger partial charge < -0.3 is 4.74 Å². The van der Waals surface area contributed by atoms with E-state index in [1.165, 1.54) is 12.1 Å².